The zero-order valence-corrected chi connectivity index (χ0v) is 7.94. The fourth-order valence-electron chi connectivity index (χ4n) is 1.31. The van der Waals surface area contributed by atoms with Crippen LogP contribution >= 0.6 is 0 Å². The Morgan fingerprint density at radius 3 is 2.53 bits per heavy atom. The lowest BCUT2D eigenvalue weighted by molar-refractivity contribution is 0.631. The van der Waals surface area contributed by atoms with Crippen molar-refractivity contribution in [2.45, 2.75) is 0 Å². The Labute approximate surface area is 86.7 Å². The van der Waals surface area contributed by atoms with Crippen LogP contribution in [0.4, 0.5) is 10.1 Å². The highest BCUT2D eigenvalue weighted by Crippen LogP contribution is 2.20. The monoisotopic (exact) mass is 203 g/mol. The topological polar surface area (TPSA) is 50.9 Å². The van der Waals surface area contributed by atoms with E-state index in [0.717, 1.165) is 0 Å². The van der Waals surface area contributed by atoms with E-state index in [-0.39, 0.29) is 5.82 Å². The van der Waals surface area contributed by atoms with Gasteiger partial charge < -0.3 is 5.43 Å². The Balaban J connectivity index is 2.42. The molecular formula is C11H10FN3. The number of nitrogens with zero attached hydrogens (tertiary/aromatic N) is 1. The summed E-state index contributed by atoms with van der Waals surface area (Å²) < 4.78 is 13.4. The summed E-state index contributed by atoms with van der Waals surface area (Å²) in [6.07, 6.45) is 1.56. The molecule has 1 aromatic carbocycles. The van der Waals surface area contributed by atoms with Gasteiger partial charge in [-0.25, -0.2) is 4.39 Å². The zero-order valence-electron chi connectivity index (χ0n) is 7.94. The lowest BCUT2D eigenvalue weighted by Gasteiger charge is -2.03. The van der Waals surface area contributed by atoms with Crippen LogP contribution in [0.2, 0.25) is 0 Å². The van der Waals surface area contributed by atoms with Crippen LogP contribution < -0.4 is 11.3 Å². The van der Waals surface area contributed by atoms with Gasteiger partial charge >= 0.3 is 0 Å². The van der Waals surface area contributed by atoms with E-state index in [1.54, 1.807) is 36.5 Å². The number of hydrazine groups is 1. The molecule has 0 radical (unpaired) electrons. The third-order valence-corrected chi connectivity index (χ3v) is 2.08. The smallest absolute Gasteiger partial charge is 0.132 e. The maximum Gasteiger partial charge on any atom is 0.132 e. The fraction of sp³-hybridized carbons (Fsp3) is 0. The molecular weight excluding hydrogens is 193 g/mol. The van der Waals surface area contributed by atoms with Crippen molar-refractivity contribution < 1.29 is 4.39 Å². The van der Waals surface area contributed by atoms with E-state index >= 15 is 0 Å². The molecule has 1 aromatic heterocycles. The summed E-state index contributed by atoms with van der Waals surface area (Å²) in [5, 5.41) is 0. The van der Waals surface area contributed by atoms with Gasteiger partial charge in [0.2, 0.25) is 0 Å². The number of aromatic nitrogens is 1. The number of nitrogens with two attached hydrogens (primary N) is 1. The van der Waals surface area contributed by atoms with Crippen LogP contribution in [0, 0.1) is 5.82 Å². The Kier molecular flexibility index (Phi) is 2.60. The van der Waals surface area contributed by atoms with Gasteiger partial charge in [0, 0.05) is 5.56 Å². The van der Waals surface area contributed by atoms with Gasteiger partial charge in [0.1, 0.15) is 5.82 Å². The van der Waals surface area contributed by atoms with Crippen LogP contribution in [0.3, 0.4) is 0 Å². The van der Waals surface area contributed by atoms with Crippen molar-refractivity contribution >= 4 is 5.69 Å². The van der Waals surface area contributed by atoms with Gasteiger partial charge in [-0.3, -0.25) is 10.8 Å². The molecule has 3 nitrogen and oxygen atoms in total. The minimum absolute atomic E-state index is 0.279. The number of pyridine rings is 1. The van der Waals surface area contributed by atoms with Crippen LogP contribution in [0.5, 0.6) is 0 Å². The first-order chi connectivity index (χ1) is 7.31. The van der Waals surface area contributed by atoms with Crippen LogP contribution in [-0.4, -0.2) is 4.98 Å². The number of halogens is 1. The molecule has 0 fully saturated rings. The number of rotatable bonds is 2. The van der Waals surface area contributed by atoms with E-state index < -0.39 is 0 Å². The molecule has 15 heavy (non-hydrogen) atoms. The minimum Gasteiger partial charge on any atom is -0.323 e. The molecule has 0 aliphatic rings. The Morgan fingerprint density at radius 1 is 1.13 bits per heavy atom. The molecule has 0 aliphatic carbocycles. The van der Waals surface area contributed by atoms with Crippen molar-refractivity contribution in [2.75, 3.05) is 5.43 Å². The molecule has 0 spiro atoms. The molecule has 3 N–H and O–H groups in total. The Hall–Kier alpha value is -1.94. The van der Waals surface area contributed by atoms with Crippen LogP contribution in [0.25, 0.3) is 11.3 Å². The number of benzene rings is 1. The summed E-state index contributed by atoms with van der Waals surface area (Å²) in [5.41, 5.74) is 4.23. The highest BCUT2D eigenvalue weighted by Gasteiger charge is 2.04. The van der Waals surface area contributed by atoms with E-state index in [4.69, 9.17) is 5.84 Å². The highest BCUT2D eigenvalue weighted by molar-refractivity contribution is 5.61. The molecule has 2 aromatic rings. The fourth-order valence-corrected chi connectivity index (χ4v) is 1.31. The van der Waals surface area contributed by atoms with Crippen molar-refractivity contribution in [1.82, 2.24) is 4.98 Å². The standard InChI is InChI=1S/C11H10FN3/c12-10-4-2-1-3-9(10)11-6-5-8(15-13)7-14-11/h1-7,15H,13H2. The summed E-state index contributed by atoms with van der Waals surface area (Å²) >= 11 is 0. The lowest BCUT2D eigenvalue weighted by atomic mass is 10.1. The molecule has 0 aliphatic heterocycles. The molecule has 0 saturated carbocycles. The third kappa shape index (κ3) is 1.94. The quantitative estimate of drug-likeness (QED) is 0.581. The van der Waals surface area contributed by atoms with Gasteiger partial charge in [0.15, 0.2) is 0 Å². The van der Waals surface area contributed by atoms with Crippen molar-refractivity contribution in [3.05, 3.63) is 48.4 Å². The van der Waals surface area contributed by atoms with E-state index in [0.29, 0.717) is 16.9 Å². The highest BCUT2D eigenvalue weighted by atomic mass is 19.1. The van der Waals surface area contributed by atoms with Gasteiger partial charge in [-0.05, 0) is 24.3 Å². The van der Waals surface area contributed by atoms with Crippen molar-refractivity contribution in [2.24, 2.45) is 5.84 Å². The van der Waals surface area contributed by atoms with E-state index in [9.17, 15) is 4.39 Å². The average Bonchev–Trinajstić information content (AvgIpc) is 2.30. The predicted octanol–water partition coefficient (Wildman–Crippen LogP) is 2.17. The van der Waals surface area contributed by atoms with Gasteiger partial charge in [0.05, 0.1) is 17.6 Å². The van der Waals surface area contributed by atoms with Crippen LogP contribution in [0.15, 0.2) is 42.6 Å². The molecule has 1 heterocycles. The van der Waals surface area contributed by atoms with E-state index in [1.807, 2.05) is 0 Å². The lowest BCUT2D eigenvalue weighted by Crippen LogP contribution is -2.06. The van der Waals surface area contributed by atoms with Gasteiger partial charge in [-0.2, -0.15) is 0 Å². The number of nitrogens with one attached hydrogen (secondary N) is 1. The summed E-state index contributed by atoms with van der Waals surface area (Å²) in [7, 11) is 0. The zero-order chi connectivity index (χ0) is 10.7. The van der Waals surface area contributed by atoms with Crippen LogP contribution in [-0.2, 0) is 0 Å². The van der Waals surface area contributed by atoms with Crippen molar-refractivity contribution in [3.63, 3.8) is 0 Å². The van der Waals surface area contributed by atoms with E-state index in [1.165, 1.54) is 6.07 Å². The number of hydrogen-bond acceptors (Lipinski definition) is 3. The number of anilines is 1. The summed E-state index contributed by atoms with van der Waals surface area (Å²) in [6.45, 7) is 0. The largest absolute Gasteiger partial charge is 0.323 e. The second kappa shape index (κ2) is 4.06. The second-order valence-corrected chi connectivity index (χ2v) is 3.06. The number of nitrogen functional groups attached to an aromatic ring is 1. The Morgan fingerprint density at radius 2 is 1.93 bits per heavy atom. The molecule has 0 amide bonds. The van der Waals surface area contributed by atoms with E-state index in [2.05, 4.69) is 10.4 Å². The first-order valence-electron chi connectivity index (χ1n) is 4.49. The molecule has 2 rings (SSSR count). The first-order valence-corrected chi connectivity index (χ1v) is 4.49. The molecule has 0 unspecified atom stereocenters. The van der Waals surface area contributed by atoms with Gasteiger partial charge in [-0.15, -0.1) is 0 Å². The third-order valence-electron chi connectivity index (χ3n) is 2.08. The molecule has 4 heteroatoms. The second-order valence-electron chi connectivity index (χ2n) is 3.06. The molecule has 0 bridgehead atoms. The number of hydrogen-bond donors (Lipinski definition) is 2. The maximum atomic E-state index is 13.4. The first kappa shape index (κ1) is 9.61. The predicted molar refractivity (Wildman–Crippen MR) is 57.4 cm³/mol. The minimum atomic E-state index is -0.279. The van der Waals surface area contributed by atoms with Crippen molar-refractivity contribution in [3.8, 4) is 11.3 Å². The van der Waals surface area contributed by atoms with Gasteiger partial charge in [0.25, 0.3) is 0 Å². The van der Waals surface area contributed by atoms with Crippen molar-refractivity contribution in [1.29, 1.82) is 0 Å². The summed E-state index contributed by atoms with van der Waals surface area (Å²) in [5.74, 6) is 4.93. The molecule has 76 valence electrons. The van der Waals surface area contributed by atoms with Gasteiger partial charge in [-0.1, -0.05) is 12.1 Å². The summed E-state index contributed by atoms with van der Waals surface area (Å²) in [4.78, 5) is 4.10. The van der Waals surface area contributed by atoms with Crippen LogP contribution in [0.1, 0.15) is 0 Å². The maximum absolute atomic E-state index is 13.4. The molecule has 0 atom stereocenters. The average molecular weight is 203 g/mol. The summed E-state index contributed by atoms with van der Waals surface area (Å²) in [6, 6.07) is 9.98. The Bertz CT molecular complexity index is 454. The molecule has 0 saturated heterocycles. The normalized spacial score (nSPS) is 10.0. The SMILES string of the molecule is NNc1ccc(-c2ccccc2F)nc1.